The first-order valence-electron chi connectivity index (χ1n) is 13.2. The molecule has 4 nitrogen and oxygen atoms in total. The van der Waals surface area contributed by atoms with Gasteiger partial charge in [0, 0.05) is 25.9 Å². The van der Waals surface area contributed by atoms with Gasteiger partial charge in [0.1, 0.15) is 0 Å². The van der Waals surface area contributed by atoms with Crippen molar-refractivity contribution < 1.29 is 18.6 Å². The van der Waals surface area contributed by atoms with Crippen molar-refractivity contribution in [1.82, 2.24) is 0 Å². The minimum absolute atomic E-state index is 0.0231. The Labute approximate surface area is 211 Å². The van der Waals surface area contributed by atoms with Crippen LogP contribution in [-0.2, 0) is 18.6 Å². The van der Waals surface area contributed by atoms with Crippen molar-refractivity contribution in [2.75, 3.05) is 13.2 Å². The van der Waals surface area contributed by atoms with Crippen LogP contribution in [0.5, 0.6) is 0 Å². The van der Waals surface area contributed by atoms with Crippen molar-refractivity contribution in [3.63, 3.8) is 0 Å². The van der Waals surface area contributed by atoms with Crippen LogP contribution in [0.4, 0.5) is 0 Å². The van der Waals surface area contributed by atoms with Gasteiger partial charge in [0.25, 0.3) is 8.32 Å². The molecule has 0 amide bonds. The Bertz CT molecular complexity index is 978. The topological polar surface area (TPSA) is 36.9 Å². The lowest BCUT2D eigenvalue weighted by atomic mass is 9.97. The van der Waals surface area contributed by atoms with Gasteiger partial charge in [0.15, 0.2) is 11.6 Å². The Morgan fingerprint density at radius 1 is 0.971 bits per heavy atom. The Kier molecular flexibility index (Phi) is 6.83. The van der Waals surface area contributed by atoms with Crippen LogP contribution in [0.25, 0.3) is 0 Å². The van der Waals surface area contributed by atoms with Crippen LogP contribution in [-0.4, -0.2) is 39.2 Å². The van der Waals surface area contributed by atoms with Gasteiger partial charge in [-0.3, -0.25) is 0 Å². The molecule has 2 aromatic carbocycles. The van der Waals surface area contributed by atoms with E-state index in [1.807, 2.05) is 0 Å². The predicted molar refractivity (Wildman–Crippen MR) is 142 cm³/mol. The second kappa shape index (κ2) is 9.60. The minimum Gasteiger partial charge on any atom is -0.407 e. The first-order valence-corrected chi connectivity index (χ1v) is 15.1. The number of hydrogen-bond acceptors (Lipinski definition) is 4. The van der Waals surface area contributed by atoms with Crippen molar-refractivity contribution >= 4 is 18.7 Å². The molecule has 0 unspecified atom stereocenters. The van der Waals surface area contributed by atoms with Gasteiger partial charge in [0.2, 0.25) is 0 Å². The second-order valence-electron chi connectivity index (χ2n) is 11.5. The molecule has 3 heterocycles. The maximum absolute atomic E-state index is 7.12. The first-order chi connectivity index (χ1) is 16.8. The largest absolute Gasteiger partial charge is 0.407 e. The number of benzene rings is 2. The number of ether oxygens (including phenoxy) is 3. The van der Waals surface area contributed by atoms with E-state index >= 15 is 0 Å². The van der Waals surface area contributed by atoms with Crippen molar-refractivity contribution in [1.29, 1.82) is 0 Å². The molecule has 3 aliphatic heterocycles. The highest BCUT2D eigenvalue weighted by Gasteiger charge is 2.56. The van der Waals surface area contributed by atoms with Gasteiger partial charge < -0.3 is 18.6 Å². The normalized spacial score (nSPS) is 31.0. The lowest BCUT2D eigenvalue weighted by Gasteiger charge is -2.43. The summed E-state index contributed by atoms with van der Waals surface area (Å²) in [5.74, 6) is -0.693. The van der Waals surface area contributed by atoms with Crippen LogP contribution in [0.1, 0.15) is 59.8 Å². The van der Waals surface area contributed by atoms with Gasteiger partial charge in [-0.1, -0.05) is 94.4 Å². The van der Waals surface area contributed by atoms with E-state index in [4.69, 9.17) is 18.6 Å². The Morgan fingerprint density at radius 3 is 2.20 bits per heavy atom. The van der Waals surface area contributed by atoms with E-state index < -0.39 is 19.9 Å². The third-order valence-corrected chi connectivity index (χ3v) is 13.0. The summed E-state index contributed by atoms with van der Waals surface area (Å²) in [6.07, 6.45) is 8.87. The Balaban J connectivity index is 1.33. The monoisotopic (exact) mass is 492 g/mol. The molecule has 2 spiro atoms. The van der Waals surface area contributed by atoms with E-state index in [1.165, 1.54) is 10.4 Å². The van der Waals surface area contributed by atoms with Gasteiger partial charge in [-0.15, -0.1) is 0 Å². The maximum atomic E-state index is 7.12. The van der Waals surface area contributed by atoms with E-state index in [1.54, 1.807) is 0 Å². The van der Waals surface area contributed by atoms with E-state index in [2.05, 4.69) is 101 Å². The Morgan fingerprint density at radius 2 is 1.63 bits per heavy atom. The van der Waals surface area contributed by atoms with Crippen LogP contribution >= 0.6 is 0 Å². The van der Waals surface area contributed by atoms with Crippen LogP contribution in [0.15, 0.2) is 72.8 Å². The molecule has 0 aliphatic carbocycles. The predicted octanol–water partition coefficient (Wildman–Crippen LogP) is 5.56. The molecule has 0 bridgehead atoms. The molecule has 5 heteroatoms. The average Bonchev–Trinajstić information content (AvgIpc) is 3.35. The van der Waals surface area contributed by atoms with Crippen molar-refractivity contribution in [3.8, 4) is 0 Å². The standard InChI is InChI=1S/C30H40O4Si/c1-24-23-30(20-19-29(34-30)18-11-12-21-31-29)33-27(24)17-22-32-35(28(2,3)4,25-13-7-5-8-14-25)26-15-9-6-10-16-26/h5-11,13-16,18,24,27H,12,17,19-23H2,1-4H3/t24-,27-,29-,30-/m1/s1. The molecule has 0 N–H and O–H groups in total. The van der Waals surface area contributed by atoms with E-state index in [0.29, 0.717) is 12.5 Å². The molecular weight excluding hydrogens is 452 g/mol. The summed E-state index contributed by atoms with van der Waals surface area (Å²) >= 11 is 0. The average molecular weight is 493 g/mol. The third kappa shape index (κ3) is 4.69. The molecule has 2 fully saturated rings. The molecule has 0 saturated carbocycles. The second-order valence-corrected chi connectivity index (χ2v) is 15.8. The maximum Gasteiger partial charge on any atom is 0.261 e. The number of rotatable bonds is 6. The van der Waals surface area contributed by atoms with E-state index in [0.717, 1.165) is 38.7 Å². The zero-order valence-corrected chi connectivity index (χ0v) is 22.7. The molecule has 35 heavy (non-hydrogen) atoms. The van der Waals surface area contributed by atoms with Gasteiger partial charge in [-0.05, 0) is 40.2 Å². The SMILES string of the molecule is C[C@@H]1C[C@]2(CC[C@@]3(C=CCCO3)O2)O[C@@H]1CCO[Si](c1ccccc1)(c1ccccc1)C(C)(C)C. The molecule has 2 saturated heterocycles. The van der Waals surface area contributed by atoms with Gasteiger partial charge in [-0.2, -0.15) is 0 Å². The highest BCUT2D eigenvalue weighted by molar-refractivity contribution is 6.99. The quantitative estimate of drug-likeness (QED) is 0.391. The molecular formula is C30H40O4Si. The van der Waals surface area contributed by atoms with Crippen LogP contribution in [0, 0.1) is 5.92 Å². The fourth-order valence-corrected chi connectivity index (χ4v) is 10.9. The summed E-state index contributed by atoms with van der Waals surface area (Å²) in [5.41, 5.74) is 0. The summed E-state index contributed by atoms with van der Waals surface area (Å²) in [5, 5.41) is 2.61. The molecule has 2 aromatic rings. The zero-order valence-electron chi connectivity index (χ0n) is 21.7. The summed E-state index contributed by atoms with van der Waals surface area (Å²) < 4.78 is 26.3. The van der Waals surface area contributed by atoms with Crippen molar-refractivity contribution in [2.45, 2.75) is 82.5 Å². The van der Waals surface area contributed by atoms with Gasteiger partial charge in [-0.25, -0.2) is 0 Å². The van der Waals surface area contributed by atoms with Gasteiger partial charge >= 0.3 is 0 Å². The minimum atomic E-state index is -2.53. The lowest BCUT2D eigenvalue weighted by Crippen LogP contribution is -2.66. The van der Waals surface area contributed by atoms with E-state index in [9.17, 15) is 0 Å². The van der Waals surface area contributed by atoms with Crippen LogP contribution in [0.2, 0.25) is 5.04 Å². The summed E-state index contributed by atoms with van der Waals surface area (Å²) in [6, 6.07) is 21.7. The molecule has 5 rings (SSSR count). The Hall–Kier alpha value is -1.76. The zero-order chi connectivity index (χ0) is 24.6. The third-order valence-electron chi connectivity index (χ3n) is 7.99. The summed E-state index contributed by atoms with van der Waals surface area (Å²) in [4.78, 5) is 0. The van der Waals surface area contributed by atoms with Crippen molar-refractivity contribution in [2.24, 2.45) is 5.92 Å². The number of hydrogen-bond donors (Lipinski definition) is 0. The van der Waals surface area contributed by atoms with E-state index in [-0.39, 0.29) is 11.1 Å². The van der Waals surface area contributed by atoms with Crippen LogP contribution < -0.4 is 10.4 Å². The fourth-order valence-electron chi connectivity index (χ4n) is 6.33. The molecule has 0 aromatic heterocycles. The lowest BCUT2D eigenvalue weighted by molar-refractivity contribution is -0.297. The van der Waals surface area contributed by atoms with Crippen LogP contribution in [0.3, 0.4) is 0 Å². The fraction of sp³-hybridized carbons (Fsp3) is 0.533. The highest BCUT2D eigenvalue weighted by atomic mass is 28.4. The molecule has 0 radical (unpaired) electrons. The summed E-state index contributed by atoms with van der Waals surface area (Å²) in [7, 11) is -2.53. The summed E-state index contributed by atoms with van der Waals surface area (Å²) in [6.45, 7) is 10.7. The molecule has 4 atom stereocenters. The molecule has 188 valence electrons. The first kappa shape index (κ1) is 24.9. The van der Waals surface area contributed by atoms with Gasteiger partial charge in [0.05, 0.1) is 12.7 Å². The smallest absolute Gasteiger partial charge is 0.261 e. The highest BCUT2D eigenvalue weighted by Crippen LogP contribution is 2.50. The van der Waals surface area contributed by atoms with Crippen molar-refractivity contribution in [3.05, 3.63) is 72.8 Å². The molecule has 3 aliphatic rings.